The first kappa shape index (κ1) is 14.4. The molecule has 0 aliphatic heterocycles. The maximum atomic E-state index is 11.4. The third-order valence-corrected chi connectivity index (χ3v) is 2.44. The molecular weight excluding hydrogens is 230 g/mol. The van der Waals surface area contributed by atoms with E-state index in [9.17, 15) is 4.79 Å². The van der Waals surface area contributed by atoms with Crippen LogP contribution < -0.4 is 5.32 Å². The topological polar surface area (TPSA) is 64.1 Å². The number of aromatic nitrogens is 2. The Morgan fingerprint density at radius 2 is 2.06 bits per heavy atom. The third kappa shape index (κ3) is 4.31. The molecule has 0 aromatic carbocycles. The Morgan fingerprint density at radius 3 is 2.61 bits per heavy atom. The van der Waals surface area contributed by atoms with Gasteiger partial charge in [0.15, 0.2) is 0 Å². The molecule has 1 atom stereocenters. The van der Waals surface area contributed by atoms with Gasteiger partial charge in [-0.15, -0.1) is 0 Å². The van der Waals surface area contributed by atoms with Crippen molar-refractivity contribution < 1.29 is 9.53 Å². The van der Waals surface area contributed by atoms with Gasteiger partial charge < -0.3 is 10.1 Å². The van der Waals surface area contributed by atoms with Crippen LogP contribution in [-0.4, -0.2) is 29.1 Å². The van der Waals surface area contributed by atoms with E-state index >= 15 is 0 Å². The molecule has 0 radical (unpaired) electrons. The van der Waals surface area contributed by atoms with Crippen LogP contribution in [0.4, 0.5) is 5.82 Å². The highest BCUT2D eigenvalue weighted by atomic mass is 16.5. The number of nitrogens with one attached hydrogen (secondary N) is 1. The van der Waals surface area contributed by atoms with Gasteiger partial charge in [0.25, 0.3) is 0 Å². The Labute approximate surface area is 108 Å². The van der Waals surface area contributed by atoms with Gasteiger partial charge in [0, 0.05) is 17.8 Å². The molecule has 0 saturated carbocycles. The summed E-state index contributed by atoms with van der Waals surface area (Å²) < 4.78 is 4.62. The van der Waals surface area contributed by atoms with Gasteiger partial charge in [0.05, 0.1) is 7.11 Å². The van der Waals surface area contributed by atoms with E-state index in [1.54, 1.807) is 0 Å². The molecule has 5 nitrogen and oxygen atoms in total. The Morgan fingerprint density at radius 1 is 1.39 bits per heavy atom. The van der Waals surface area contributed by atoms with Crippen LogP contribution in [0, 0.1) is 12.8 Å². The minimum Gasteiger partial charge on any atom is -0.463 e. The number of esters is 1. The molecule has 1 rings (SSSR count). The lowest BCUT2D eigenvalue weighted by molar-refractivity contribution is 0.0586. The van der Waals surface area contributed by atoms with Gasteiger partial charge in [-0.1, -0.05) is 13.8 Å². The summed E-state index contributed by atoms with van der Waals surface area (Å²) in [7, 11) is 1.32. The van der Waals surface area contributed by atoms with Crippen LogP contribution in [0.3, 0.4) is 0 Å². The predicted molar refractivity (Wildman–Crippen MR) is 70.6 cm³/mol. The Balaban J connectivity index is 2.83. The second-order valence-corrected chi connectivity index (χ2v) is 4.88. The molecule has 100 valence electrons. The van der Waals surface area contributed by atoms with Gasteiger partial charge in [0.2, 0.25) is 5.82 Å². The molecule has 18 heavy (non-hydrogen) atoms. The Kier molecular flexibility index (Phi) is 5.07. The largest absolute Gasteiger partial charge is 0.463 e. The summed E-state index contributed by atoms with van der Waals surface area (Å²) >= 11 is 0. The van der Waals surface area contributed by atoms with Crippen molar-refractivity contribution in [3.05, 3.63) is 17.6 Å². The number of nitrogens with zero attached hydrogens (tertiary/aromatic N) is 2. The zero-order valence-electron chi connectivity index (χ0n) is 11.7. The first-order chi connectivity index (χ1) is 8.42. The minimum atomic E-state index is -0.515. The molecule has 1 aromatic rings. The quantitative estimate of drug-likeness (QED) is 0.814. The first-order valence-electron chi connectivity index (χ1n) is 6.13. The highest BCUT2D eigenvalue weighted by Gasteiger charge is 2.13. The molecule has 1 unspecified atom stereocenters. The number of ether oxygens (including phenoxy) is 1. The van der Waals surface area contributed by atoms with E-state index < -0.39 is 5.97 Å². The zero-order chi connectivity index (χ0) is 13.7. The number of aryl methyl sites for hydroxylation is 1. The van der Waals surface area contributed by atoms with E-state index in [0.717, 1.165) is 12.1 Å². The molecule has 0 amide bonds. The predicted octanol–water partition coefficient (Wildman–Crippen LogP) is 2.42. The van der Waals surface area contributed by atoms with E-state index in [4.69, 9.17) is 0 Å². The van der Waals surface area contributed by atoms with Crippen LogP contribution in [0.2, 0.25) is 0 Å². The maximum Gasteiger partial charge on any atom is 0.376 e. The maximum absolute atomic E-state index is 11.4. The van der Waals surface area contributed by atoms with Gasteiger partial charge in [-0.05, 0) is 26.2 Å². The summed E-state index contributed by atoms with van der Waals surface area (Å²) in [4.78, 5) is 19.6. The molecule has 1 aromatic heterocycles. The zero-order valence-corrected chi connectivity index (χ0v) is 11.7. The summed E-state index contributed by atoms with van der Waals surface area (Å²) in [6.07, 6.45) is 1.04. The molecule has 0 aliphatic rings. The van der Waals surface area contributed by atoms with Gasteiger partial charge in [-0.2, -0.15) is 0 Å². The number of carbonyl (C=O) groups excluding carboxylic acids is 1. The number of carbonyl (C=O) groups is 1. The highest BCUT2D eigenvalue weighted by Crippen LogP contribution is 2.12. The van der Waals surface area contributed by atoms with E-state index in [1.807, 2.05) is 13.0 Å². The average Bonchev–Trinajstić information content (AvgIpc) is 2.25. The molecule has 5 heteroatoms. The van der Waals surface area contributed by atoms with E-state index in [-0.39, 0.29) is 5.82 Å². The number of methoxy groups -OCH3 is 1. The molecular formula is C13H21N3O2. The van der Waals surface area contributed by atoms with Crippen LogP contribution in [0.25, 0.3) is 0 Å². The first-order valence-corrected chi connectivity index (χ1v) is 6.13. The number of hydrogen-bond acceptors (Lipinski definition) is 5. The van der Waals surface area contributed by atoms with Crippen molar-refractivity contribution >= 4 is 11.8 Å². The normalized spacial score (nSPS) is 12.3. The summed E-state index contributed by atoms with van der Waals surface area (Å²) in [5.74, 6) is 0.849. The lowest BCUT2D eigenvalue weighted by Crippen LogP contribution is -2.20. The van der Waals surface area contributed by atoms with Gasteiger partial charge in [0.1, 0.15) is 5.82 Å². The van der Waals surface area contributed by atoms with Crippen molar-refractivity contribution in [1.82, 2.24) is 9.97 Å². The second-order valence-electron chi connectivity index (χ2n) is 4.88. The third-order valence-electron chi connectivity index (χ3n) is 2.44. The number of rotatable bonds is 5. The molecule has 1 N–H and O–H groups in total. The molecule has 1 heterocycles. The second kappa shape index (κ2) is 6.33. The average molecular weight is 251 g/mol. The van der Waals surface area contributed by atoms with Crippen molar-refractivity contribution in [3.8, 4) is 0 Å². The molecule has 0 spiro atoms. The monoisotopic (exact) mass is 251 g/mol. The molecule has 0 aliphatic carbocycles. The van der Waals surface area contributed by atoms with Crippen LogP contribution in [0.1, 0.15) is 43.5 Å². The van der Waals surface area contributed by atoms with Gasteiger partial charge in [-0.3, -0.25) is 0 Å². The summed E-state index contributed by atoms with van der Waals surface area (Å²) in [6.45, 7) is 8.26. The Bertz CT molecular complexity index is 419. The van der Waals surface area contributed by atoms with Gasteiger partial charge in [-0.25, -0.2) is 14.8 Å². The van der Waals surface area contributed by atoms with Crippen LogP contribution in [0.15, 0.2) is 6.07 Å². The fourth-order valence-corrected chi connectivity index (χ4v) is 1.84. The molecule has 0 fully saturated rings. The summed E-state index contributed by atoms with van der Waals surface area (Å²) in [5.41, 5.74) is 0.740. The van der Waals surface area contributed by atoms with E-state index in [2.05, 4.69) is 40.8 Å². The lowest BCUT2D eigenvalue weighted by Gasteiger charge is -2.17. The van der Waals surface area contributed by atoms with Crippen molar-refractivity contribution in [2.45, 2.75) is 40.2 Å². The van der Waals surface area contributed by atoms with Crippen LogP contribution >= 0.6 is 0 Å². The van der Waals surface area contributed by atoms with E-state index in [0.29, 0.717) is 17.8 Å². The minimum absolute atomic E-state index is 0.0942. The van der Waals surface area contributed by atoms with Crippen molar-refractivity contribution in [2.24, 2.45) is 5.92 Å². The van der Waals surface area contributed by atoms with Crippen LogP contribution in [-0.2, 0) is 4.74 Å². The lowest BCUT2D eigenvalue weighted by atomic mass is 10.1. The molecule has 0 bridgehead atoms. The van der Waals surface area contributed by atoms with E-state index in [1.165, 1.54) is 7.11 Å². The fourth-order valence-electron chi connectivity index (χ4n) is 1.84. The standard InChI is InChI=1S/C13H21N3O2/c1-8(2)6-9(3)14-11-7-10(4)15-12(16-11)13(17)18-5/h7-9H,6H2,1-5H3,(H,14,15,16). The molecule has 0 saturated heterocycles. The van der Waals surface area contributed by atoms with Crippen LogP contribution in [0.5, 0.6) is 0 Å². The van der Waals surface area contributed by atoms with Crippen molar-refractivity contribution in [3.63, 3.8) is 0 Å². The summed E-state index contributed by atoms with van der Waals surface area (Å²) in [5, 5.41) is 3.27. The number of anilines is 1. The SMILES string of the molecule is COC(=O)c1nc(C)cc(NC(C)CC(C)C)n1. The number of hydrogen-bond donors (Lipinski definition) is 1. The highest BCUT2D eigenvalue weighted by molar-refractivity contribution is 5.85. The summed E-state index contributed by atoms with van der Waals surface area (Å²) in [6, 6.07) is 2.12. The van der Waals surface area contributed by atoms with Crippen molar-refractivity contribution in [1.29, 1.82) is 0 Å². The fraction of sp³-hybridized carbons (Fsp3) is 0.615. The van der Waals surface area contributed by atoms with Gasteiger partial charge >= 0.3 is 5.97 Å². The smallest absolute Gasteiger partial charge is 0.376 e. The van der Waals surface area contributed by atoms with Crippen molar-refractivity contribution in [2.75, 3.05) is 12.4 Å². The Hall–Kier alpha value is -1.65.